The lowest BCUT2D eigenvalue weighted by molar-refractivity contribution is -0.139. The second-order valence-corrected chi connectivity index (χ2v) is 4.61. The number of thioether (sulfide) groups is 1. The molecule has 0 aliphatic rings. The Balaban J connectivity index is 2.50. The molecule has 0 bridgehead atoms. The van der Waals surface area contributed by atoms with E-state index in [1.54, 1.807) is 25.1 Å². The van der Waals surface area contributed by atoms with E-state index in [-0.39, 0.29) is 22.8 Å². The number of carbonyl (C=O) groups is 1. The van der Waals surface area contributed by atoms with E-state index in [9.17, 15) is 9.18 Å². The van der Waals surface area contributed by atoms with Crippen LogP contribution in [0.1, 0.15) is 24.7 Å². The Kier molecular flexibility index (Phi) is 5.32. The van der Waals surface area contributed by atoms with Gasteiger partial charge < -0.3 is 4.74 Å². The zero-order chi connectivity index (χ0) is 12.0. The van der Waals surface area contributed by atoms with E-state index in [0.717, 1.165) is 0 Å². The summed E-state index contributed by atoms with van der Waals surface area (Å²) in [6.45, 7) is 4.03. The third kappa shape index (κ3) is 3.85. The van der Waals surface area contributed by atoms with Gasteiger partial charge in [-0.15, -0.1) is 11.8 Å². The van der Waals surface area contributed by atoms with E-state index >= 15 is 0 Å². The summed E-state index contributed by atoms with van der Waals surface area (Å²) in [5.41, 5.74) is 0.622. The summed E-state index contributed by atoms with van der Waals surface area (Å²) in [5, 5.41) is -0.0504. The minimum absolute atomic E-state index is 0.0504. The molecule has 88 valence electrons. The van der Waals surface area contributed by atoms with Crippen molar-refractivity contribution in [1.29, 1.82) is 0 Å². The number of esters is 1. The summed E-state index contributed by atoms with van der Waals surface area (Å²) in [6, 6.07) is 6.61. The monoisotopic (exact) mass is 242 g/mol. The molecule has 0 aromatic heterocycles. The predicted octanol–water partition coefficient (Wildman–Crippen LogP) is 3.18. The van der Waals surface area contributed by atoms with Crippen LogP contribution in [0.5, 0.6) is 0 Å². The number of rotatable bonds is 5. The number of halogens is 1. The molecule has 0 N–H and O–H groups in total. The lowest BCUT2D eigenvalue weighted by Gasteiger charge is -2.11. The molecule has 0 fully saturated rings. The average molecular weight is 242 g/mol. The maximum Gasteiger partial charge on any atom is 0.315 e. The molecular formula is C12H15FO2S. The number of benzene rings is 1. The van der Waals surface area contributed by atoms with Crippen LogP contribution in [0.2, 0.25) is 0 Å². The third-order valence-corrected chi connectivity index (χ3v) is 3.26. The van der Waals surface area contributed by atoms with E-state index in [0.29, 0.717) is 12.2 Å². The van der Waals surface area contributed by atoms with Crippen LogP contribution in [0.4, 0.5) is 4.39 Å². The van der Waals surface area contributed by atoms with Crippen molar-refractivity contribution in [3.8, 4) is 0 Å². The minimum Gasteiger partial charge on any atom is -0.465 e. The van der Waals surface area contributed by atoms with Gasteiger partial charge in [0, 0.05) is 10.8 Å². The van der Waals surface area contributed by atoms with Gasteiger partial charge in [-0.3, -0.25) is 4.79 Å². The SMILES string of the molecule is CCOC(=O)CSC(C)c1ccccc1F. The van der Waals surface area contributed by atoms with E-state index in [2.05, 4.69) is 0 Å². The van der Waals surface area contributed by atoms with E-state index in [1.165, 1.54) is 17.8 Å². The molecular weight excluding hydrogens is 227 g/mol. The lowest BCUT2D eigenvalue weighted by Crippen LogP contribution is -2.08. The fourth-order valence-corrected chi connectivity index (χ4v) is 2.13. The summed E-state index contributed by atoms with van der Waals surface area (Å²) in [6.07, 6.45) is 0. The van der Waals surface area contributed by atoms with Crippen molar-refractivity contribution >= 4 is 17.7 Å². The Morgan fingerprint density at radius 1 is 1.50 bits per heavy atom. The smallest absolute Gasteiger partial charge is 0.315 e. The van der Waals surface area contributed by atoms with Gasteiger partial charge in [-0.25, -0.2) is 4.39 Å². The summed E-state index contributed by atoms with van der Waals surface area (Å²) in [5.74, 6) is -0.231. The van der Waals surface area contributed by atoms with Gasteiger partial charge in [0.2, 0.25) is 0 Å². The Morgan fingerprint density at radius 3 is 2.81 bits per heavy atom. The Labute approximate surface area is 99.2 Å². The highest BCUT2D eigenvalue weighted by Gasteiger charge is 2.12. The largest absolute Gasteiger partial charge is 0.465 e. The van der Waals surface area contributed by atoms with Crippen molar-refractivity contribution in [1.82, 2.24) is 0 Å². The summed E-state index contributed by atoms with van der Waals surface area (Å²) < 4.78 is 18.2. The number of hydrogen-bond donors (Lipinski definition) is 0. The van der Waals surface area contributed by atoms with Crippen LogP contribution >= 0.6 is 11.8 Å². The van der Waals surface area contributed by atoms with Gasteiger partial charge >= 0.3 is 5.97 Å². The summed E-state index contributed by atoms with van der Waals surface area (Å²) >= 11 is 1.38. The maximum absolute atomic E-state index is 13.4. The zero-order valence-electron chi connectivity index (χ0n) is 9.40. The Hall–Kier alpha value is -1.03. The zero-order valence-corrected chi connectivity index (χ0v) is 10.2. The van der Waals surface area contributed by atoms with Crippen LogP contribution in [-0.4, -0.2) is 18.3 Å². The van der Waals surface area contributed by atoms with Gasteiger partial charge in [-0.1, -0.05) is 18.2 Å². The van der Waals surface area contributed by atoms with Crippen molar-refractivity contribution in [2.45, 2.75) is 19.1 Å². The average Bonchev–Trinajstić information content (AvgIpc) is 2.27. The molecule has 16 heavy (non-hydrogen) atoms. The molecule has 0 saturated carbocycles. The first kappa shape index (κ1) is 13.0. The third-order valence-electron chi connectivity index (χ3n) is 2.10. The molecule has 1 aromatic carbocycles. The van der Waals surface area contributed by atoms with Crippen molar-refractivity contribution in [3.63, 3.8) is 0 Å². The molecule has 1 atom stereocenters. The van der Waals surface area contributed by atoms with Crippen LogP contribution in [0.3, 0.4) is 0 Å². The fraction of sp³-hybridized carbons (Fsp3) is 0.417. The number of hydrogen-bond acceptors (Lipinski definition) is 3. The van der Waals surface area contributed by atoms with Gasteiger partial charge in [0.1, 0.15) is 5.82 Å². The van der Waals surface area contributed by atoms with E-state index in [4.69, 9.17) is 4.74 Å². The molecule has 0 heterocycles. The Morgan fingerprint density at radius 2 is 2.19 bits per heavy atom. The molecule has 2 nitrogen and oxygen atoms in total. The van der Waals surface area contributed by atoms with Crippen LogP contribution in [-0.2, 0) is 9.53 Å². The first-order chi connectivity index (χ1) is 7.65. The predicted molar refractivity (Wildman–Crippen MR) is 63.9 cm³/mol. The topological polar surface area (TPSA) is 26.3 Å². The second-order valence-electron chi connectivity index (χ2n) is 3.28. The summed E-state index contributed by atoms with van der Waals surface area (Å²) in [7, 11) is 0. The minimum atomic E-state index is -0.254. The molecule has 1 aromatic rings. The van der Waals surface area contributed by atoms with Gasteiger partial charge in [0.15, 0.2) is 0 Å². The van der Waals surface area contributed by atoms with Crippen LogP contribution in [0.25, 0.3) is 0 Å². The molecule has 0 spiro atoms. The van der Waals surface area contributed by atoms with E-state index < -0.39 is 0 Å². The van der Waals surface area contributed by atoms with Crippen molar-refractivity contribution in [3.05, 3.63) is 35.6 Å². The van der Waals surface area contributed by atoms with Crippen molar-refractivity contribution in [2.75, 3.05) is 12.4 Å². The van der Waals surface area contributed by atoms with Gasteiger partial charge in [-0.05, 0) is 19.9 Å². The molecule has 0 amide bonds. The van der Waals surface area contributed by atoms with Gasteiger partial charge in [0.25, 0.3) is 0 Å². The quantitative estimate of drug-likeness (QED) is 0.742. The van der Waals surface area contributed by atoms with Crippen molar-refractivity contribution in [2.24, 2.45) is 0 Å². The first-order valence-corrected chi connectivity index (χ1v) is 6.21. The standard InChI is InChI=1S/C12H15FO2S/c1-3-15-12(14)8-16-9(2)10-6-4-5-7-11(10)13/h4-7,9H,3,8H2,1-2H3. The highest BCUT2D eigenvalue weighted by atomic mass is 32.2. The highest BCUT2D eigenvalue weighted by Crippen LogP contribution is 2.29. The molecule has 0 radical (unpaired) electrons. The summed E-state index contributed by atoms with van der Waals surface area (Å²) in [4.78, 5) is 11.1. The van der Waals surface area contributed by atoms with Gasteiger partial charge in [0.05, 0.1) is 12.4 Å². The fourth-order valence-electron chi connectivity index (χ4n) is 1.29. The molecule has 0 saturated heterocycles. The normalized spacial score (nSPS) is 12.2. The Bertz CT molecular complexity index is 355. The molecule has 4 heteroatoms. The first-order valence-electron chi connectivity index (χ1n) is 5.16. The highest BCUT2D eigenvalue weighted by molar-refractivity contribution is 8.00. The molecule has 1 rings (SSSR count). The van der Waals surface area contributed by atoms with Crippen LogP contribution in [0, 0.1) is 5.82 Å². The van der Waals surface area contributed by atoms with Gasteiger partial charge in [-0.2, -0.15) is 0 Å². The second kappa shape index (κ2) is 6.53. The lowest BCUT2D eigenvalue weighted by atomic mass is 10.1. The number of ether oxygens (including phenoxy) is 1. The maximum atomic E-state index is 13.4. The van der Waals surface area contributed by atoms with Crippen LogP contribution in [0.15, 0.2) is 24.3 Å². The van der Waals surface area contributed by atoms with E-state index in [1.807, 2.05) is 6.92 Å². The molecule has 1 unspecified atom stereocenters. The number of carbonyl (C=O) groups excluding carboxylic acids is 1. The molecule has 0 aliphatic heterocycles. The van der Waals surface area contributed by atoms with Crippen molar-refractivity contribution < 1.29 is 13.9 Å². The molecule has 0 aliphatic carbocycles. The van der Waals surface area contributed by atoms with Crippen LogP contribution < -0.4 is 0 Å².